The van der Waals surface area contributed by atoms with Gasteiger partial charge < -0.3 is 15.4 Å². The van der Waals surface area contributed by atoms with Gasteiger partial charge in [-0.3, -0.25) is 9.59 Å². The lowest BCUT2D eigenvalue weighted by Crippen LogP contribution is -2.32. The molecule has 1 aliphatic rings. The van der Waals surface area contributed by atoms with Crippen molar-refractivity contribution in [2.45, 2.75) is 32.6 Å². The molecule has 186 valence electrons. The van der Waals surface area contributed by atoms with Gasteiger partial charge in [0.1, 0.15) is 5.69 Å². The predicted octanol–water partition coefficient (Wildman–Crippen LogP) is 4.06. The minimum absolute atomic E-state index is 0.143. The van der Waals surface area contributed by atoms with Crippen LogP contribution in [0.5, 0.6) is 5.88 Å². The lowest BCUT2D eigenvalue weighted by atomic mass is 10.1. The number of hydrogen-bond acceptors (Lipinski definition) is 6. The van der Waals surface area contributed by atoms with Crippen LogP contribution in [0.2, 0.25) is 5.02 Å². The largest absolute Gasteiger partial charge is 0.480 e. The fraction of sp³-hybridized carbons (Fsp3) is 0.320. The van der Waals surface area contributed by atoms with Crippen LogP contribution >= 0.6 is 11.6 Å². The van der Waals surface area contributed by atoms with Crippen LogP contribution in [0.25, 0.3) is 11.3 Å². The number of aromatic nitrogens is 5. The number of amides is 2. The Labute approximate surface area is 212 Å². The number of nitrogens with zero attached hydrogens (tertiary/aromatic N) is 5. The van der Waals surface area contributed by atoms with E-state index in [9.17, 15) is 9.59 Å². The molecule has 1 fully saturated rings. The molecule has 0 spiro atoms. The molecule has 1 saturated carbocycles. The Hall–Kier alpha value is -3.92. The van der Waals surface area contributed by atoms with Crippen molar-refractivity contribution in [3.63, 3.8) is 0 Å². The second-order valence-electron chi connectivity index (χ2n) is 8.83. The number of rotatable bonds is 7. The summed E-state index contributed by atoms with van der Waals surface area (Å²) in [6, 6.07) is 8.51. The Bertz CT molecular complexity index is 1440. The van der Waals surface area contributed by atoms with Crippen molar-refractivity contribution in [1.29, 1.82) is 0 Å². The Morgan fingerprint density at radius 3 is 2.72 bits per heavy atom. The normalized spacial score (nSPS) is 13.8. The first-order valence-corrected chi connectivity index (χ1v) is 12.2. The Morgan fingerprint density at radius 1 is 1.17 bits per heavy atom. The van der Waals surface area contributed by atoms with E-state index < -0.39 is 5.91 Å². The van der Waals surface area contributed by atoms with Gasteiger partial charge in [-0.05, 0) is 55.5 Å². The minimum atomic E-state index is -0.507. The number of fused-ring (bicyclic) bond motifs is 1. The van der Waals surface area contributed by atoms with Crippen LogP contribution in [0.15, 0.2) is 42.7 Å². The predicted molar refractivity (Wildman–Crippen MR) is 135 cm³/mol. The molecular formula is C25H26ClN7O3. The molecule has 0 saturated heterocycles. The first-order valence-electron chi connectivity index (χ1n) is 11.8. The van der Waals surface area contributed by atoms with Gasteiger partial charge in [-0.25, -0.2) is 14.2 Å². The van der Waals surface area contributed by atoms with Gasteiger partial charge in [-0.15, -0.1) is 5.10 Å². The number of carbonyl (C=O) groups excluding carboxylic acids is 2. The van der Waals surface area contributed by atoms with Crippen LogP contribution in [-0.4, -0.2) is 49.8 Å². The molecule has 4 aromatic rings. The highest BCUT2D eigenvalue weighted by atomic mass is 35.5. The standard InChI is InChI=1S/C25H26ClN7O3/c1-15-12-17-9-11-29-32(17)22(25(35)28-14-16-6-3-4-7-16)21(15)30-24(34)19-13-20(36-2)31-33(19)23-18(26)8-5-10-27-23/h5,8-13,16H,3-4,6-7,14H2,1-2H3,(H,28,35)(H,30,34). The number of pyridine rings is 2. The van der Waals surface area contributed by atoms with Crippen LogP contribution in [0.1, 0.15) is 52.2 Å². The maximum absolute atomic E-state index is 13.6. The number of halogens is 1. The number of aryl methyl sites for hydroxylation is 1. The van der Waals surface area contributed by atoms with E-state index in [1.165, 1.54) is 30.7 Å². The molecule has 0 radical (unpaired) electrons. The van der Waals surface area contributed by atoms with Gasteiger partial charge in [0.05, 0.1) is 29.5 Å². The van der Waals surface area contributed by atoms with E-state index >= 15 is 0 Å². The number of anilines is 1. The highest BCUT2D eigenvalue weighted by Crippen LogP contribution is 2.27. The quantitative estimate of drug-likeness (QED) is 0.390. The van der Waals surface area contributed by atoms with Gasteiger partial charge in [-0.2, -0.15) is 5.10 Å². The highest BCUT2D eigenvalue weighted by Gasteiger charge is 2.25. The molecule has 0 bridgehead atoms. The molecule has 5 rings (SSSR count). The number of carbonyl (C=O) groups is 2. The molecule has 4 heterocycles. The summed E-state index contributed by atoms with van der Waals surface area (Å²) in [5, 5.41) is 14.9. The van der Waals surface area contributed by atoms with Gasteiger partial charge in [-0.1, -0.05) is 24.4 Å². The number of methoxy groups -OCH3 is 1. The molecule has 1 aliphatic carbocycles. The molecule has 2 N–H and O–H groups in total. The van der Waals surface area contributed by atoms with Crippen molar-refractivity contribution in [3.05, 3.63) is 64.7 Å². The van der Waals surface area contributed by atoms with Crippen molar-refractivity contribution in [1.82, 2.24) is 29.7 Å². The zero-order chi connectivity index (χ0) is 25.2. The molecule has 0 aliphatic heterocycles. The summed E-state index contributed by atoms with van der Waals surface area (Å²) < 4.78 is 8.11. The second kappa shape index (κ2) is 9.98. The summed E-state index contributed by atoms with van der Waals surface area (Å²) >= 11 is 6.32. The first kappa shape index (κ1) is 23.8. The molecular weight excluding hydrogens is 482 g/mol. The summed E-state index contributed by atoms with van der Waals surface area (Å²) in [5.41, 5.74) is 2.23. The number of ether oxygens (including phenoxy) is 1. The van der Waals surface area contributed by atoms with Gasteiger partial charge >= 0.3 is 0 Å². The third kappa shape index (κ3) is 4.51. The van der Waals surface area contributed by atoms with E-state index in [0.717, 1.165) is 23.9 Å². The second-order valence-corrected chi connectivity index (χ2v) is 9.23. The SMILES string of the molecule is COc1cc(C(=O)Nc2c(C)cc3ccnn3c2C(=O)NCC2CCCC2)n(-c2ncccc2Cl)n1. The Kier molecular flexibility index (Phi) is 6.60. The molecule has 36 heavy (non-hydrogen) atoms. The zero-order valence-electron chi connectivity index (χ0n) is 20.0. The number of hydrogen-bond donors (Lipinski definition) is 2. The Morgan fingerprint density at radius 2 is 1.97 bits per heavy atom. The topological polar surface area (TPSA) is 115 Å². The summed E-state index contributed by atoms with van der Waals surface area (Å²) in [6.07, 6.45) is 7.77. The molecule has 11 heteroatoms. The zero-order valence-corrected chi connectivity index (χ0v) is 20.7. The summed E-state index contributed by atoms with van der Waals surface area (Å²) in [5.74, 6) is 0.160. The molecule has 0 atom stereocenters. The van der Waals surface area contributed by atoms with E-state index in [0.29, 0.717) is 23.2 Å². The molecule has 0 aromatic carbocycles. The third-order valence-corrected chi connectivity index (χ3v) is 6.72. The van der Waals surface area contributed by atoms with Crippen LogP contribution in [0, 0.1) is 12.8 Å². The Balaban J connectivity index is 1.52. The van der Waals surface area contributed by atoms with Crippen molar-refractivity contribution in [3.8, 4) is 11.7 Å². The van der Waals surface area contributed by atoms with Crippen LogP contribution < -0.4 is 15.4 Å². The summed E-state index contributed by atoms with van der Waals surface area (Å²) in [4.78, 5) is 31.2. The van der Waals surface area contributed by atoms with E-state index in [1.54, 1.807) is 29.0 Å². The van der Waals surface area contributed by atoms with Gasteiger partial charge in [0.15, 0.2) is 11.5 Å². The smallest absolute Gasteiger partial charge is 0.274 e. The monoisotopic (exact) mass is 507 g/mol. The maximum Gasteiger partial charge on any atom is 0.274 e. The van der Waals surface area contributed by atoms with E-state index in [-0.39, 0.29) is 29.0 Å². The van der Waals surface area contributed by atoms with Gasteiger partial charge in [0, 0.05) is 18.8 Å². The molecule has 2 amide bonds. The molecule has 4 aromatic heterocycles. The van der Waals surface area contributed by atoms with Crippen LogP contribution in [0.4, 0.5) is 5.69 Å². The minimum Gasteiger partial charge on any atom is -0.480 e. The summed E-state index contributed by atoms with van der Waals surface area (Å²) in [7, 11) is 1.46. The van der Waals surface area contributed by atoms with Crippen molar-refractivity contribution in [2.75, 3.05) is 19.0 Å². The third-order valence-electron chi connectivity index (χ3n) is 6.43. The average molecular weight is 508 g/mol. The van der Waals surface area contributed by atoms with Crippen LogP contribution in [-0.2, 0) is 0 Å². The van der Waals surface area contributed by atoms with Crippen molar-refractivity contribution >= 4 is 34.6 Å². The highest BCUT2D eigenvalue weighted by molar-refractivity contribution is 6.32. The van der Waals surface area contributed by atoms with Gasteiger partial charge in [0.2, 0.25) is 5.88 Å². The fourth-order valence-electron chi connectivity index (χ4n) is 4.59. The molecule has 0 unspecified atom stereocenters. The average Bonchev–Trinajstić information content (AvgIpc) is 3.64. The van der Waals surface area contributed by atoms with Crippen molar-refractivity contribution in [2.24, 2.45) is 5.92 Å². The lowest BCUT2D eigenvalue weighted by molar-refractivity contribution is 0.0941. The van der Waals surface area contributed by atoms with Gasteiger partial charge in [0.25, 0.3) is 11.8 Å². The summed E-state index contributed by atoms with van der Waals surface area (Å²) in [6.45, 7) is 2.43. The maximum atomic E-state index is 13.6. The van der Waals surface area contributed by atoms with E-state index in [1.807, 2.05) is 19.1 Å². The van der Waals surface area contributed by atoms with Crippen LogP contribution in [0.3, 0.4) is 0 Å². The lowest BCUT2D eigenvalue weighted by Gasteiger charge is -2.17. The van der Waals surface area contributed by atoms with Crippen molar-refractivity contribution < 1.29 is 14.3 Å². The first-order chi connectivity index (χ1) is 17.5. The van der Waals surface area contributed by atoms with E-state index in [4.69, 9.17) is 16.3 Å². The molecule has 10 nitrogen and oxygen atoms in total. The fourth-order valence-corrected chi connectivity index (χ4v) is 4.79. The van der Waals surface area contributed by atoms with E-state index in [2.05, 4.69) is 25.8 Å². The number of nitrogens with one attached hydrogen (secondary N) is 2.